The fourth-order valence-corrected chi connectivity index (χ4v) is 5.36. The van der Waals surface area contributed by atoms with Gasteiger partial charge in [0.15, 0.2) is 20.6 Å². The number of hydrogen-bond acceptors (Lipinski definition) is 5. The Labute approximate surface area is 213 Å². The molecule has 1 aliphatic heterocycles. The summed E-state index contributed by atoms with van der Waals surface area (Å²) >= 11 is 0. The van der Waals surface area contributed by atoms with Crippen LogP contribution in [-0.2, 0) is 20.6 Å². The zero-order valence-electron chi connectivity index (χ0n) is 19.5. The third-order valence-corrected chi connectivity index (χ3v) is 8.23. The molecular formula is C25H22F4N2O4S2. The minimum absolute atomic E-state index is 0.0170. The molecule has 37 heavy (non-hydrogen) atoms. The van der Waals surface area contributed by atoms with Gasteiger partial charge in [-0.3, -0.25) is 4.79 Å². The smallest absolute Gasteiger partial charge is 0.368 e. The minimum Gasteiger partial charge on any atom is -0.368 e. The minimum atomic E-state index is -4.84. The number of hydrogen-bond donors (Lipinski definition) is 0. The predicted octanol–water partition coefficient (Wildman–Crippen LogP) is 4.49. The first-order valence-corrected chi connectivity index (χ1v) is 14.1. The summed E-state index contributed by atoms with van der Waals surface area (Å²) in [5.41, 5.74) is -3.02. The van der Waals surface area contributed by atoms with E-state index in [1.54, 1.807) is 4.90 Å². The summed E-state index contributed by atoms with van der Waals surface area (Å²) in [4.78, 5) is 16.6. The quantitative estimate of drug-likeness (QED) is 0.435. The number of amides is 1. The molecule has 1 aliphatic rings. The molecule has 1 saturated heterocycles. The van der Waals surface area contributed by atoms with Crippen LogP contribution in [0.15, 0.2) is 76.5 Å². The third-order valence-electron chi connectivity index (χ3n) is 6.00. The monoisotopic (exact) mass is 554 g/mol. The number of sulfone groups is 1. The lowest BCUT2D eigenvalue weighted by Crippen LogP contribution is -2.49. The van der Waals surface area contributed by atoms with E-state index in [4.69, 9.17) is 0 Å². The molecule has 1 fully saturated rings. The average Bonchev–Trinajstić information content (AvgIpc) is 2.87. The summed E-state index contributed by atoms with van der Waals surface area (Å²) in [6, 6.07) is 15.0. The Bertz CT molecular complexity index is 1430. The summed E-state index contributed by atoms with van der Waals surface area (Å²) in [5.74, 6) is -0.835. The predicted molar refractivity (Wildman–Crippen MR) is 132 cm³/mol. The first kappa shape index (κ1) is 26.8. The molecule has 12 heteroatoms. The van der Waals surface area contributed by atoms with Gasteiger partial charge in [-0.25, -0.2) is 17.0 Å². The van der Waals surface area contributed by atoms with E-state index in [0.717, 1.165) is 6.26 Å². The summed E-state index contributed by atoms with van der Waals surface area (Å²) in [6.45, 7) is 1.32. The normalized spacial score (nSPS) is 15.5. The van der Waals surface area contributed by atoms with Crippen molar-refractivity contribution in [2.75, 3.05) is 37.3 Å². The Kier molecular flexibility index (Phi) is 7.43. The highest BCUT2D eigenvalue weighted by Gasteiger charge is 2.38. The number of benzene rings is 3. The van der Waals surface area contributed by atoms with Gasteiger partial charge in [0, 0.05) is 48.6 Å². The standard InChI is InChI=1S/C25H22F4N2O4S2/c1-37(34,35)21-10-11-22(17-2-4-18(26)5-3-17)23(16-21)24(32)31-14-12-30(13-15-31)19-6-8-20(9-7-19)36(33)25(27,28)29/h2-11,16H,12-15H2,1H3. The second-order valence-corrected chi connectivity index (χ2v) is 12.0. The number of piperazine rings is 1. The topological polar surface area (TPSA) is 74.8 Å². The van der Waals surface area contributed by atoms with Crippen LogP contribution in [0.3, 0.4) is 0 Å². The highest BCUT2D eigenvalue weighted by atomic mass is 32.2. The van der Waals surface area contributed by atoms with E-state index in [1.807, 2.05) is 4.90 Å². The maximum Gasteiger partial charge on any atom is 0.475 e. The molecule has 0 N–H and O–H groups in total. The summed E-state index contributed by atoms with van der Waals surface area (Å²) < 4.78 is 87.3. The first-order chi connectivity index (χ1) is 17.3. The van der Waals surface area contributed by atoms with Crippen LogP contribution in [0.25, 0.3) is 11.1 Å². The summed E-state index contributed by atoms with van der Waals surface area (Å²) in [6.07, 6.45) is 1.04. The van der Waals surface area contributed by atoms with E-state index in [0.29, 0.717) is 29.9 Å². The van der Waals surface area contributed by atoms with Crippen molar-refractivity contribution in [3.63, 3.8) is 0 Å². The maximum atomic E-state index is 13.5. The van der Waals surface area contributed by atoms with Gasteiger partial charge in [0.25, 0.3) is 5.91 Å². The zero-order chi connectivity index (χ0) is 27.0. The number of carbonyl (C=O) groups is 1. The van der Waals surface area contributed by atoms with Gasteiger partial charge in [0.05, 0.1) is 4.90 Å². The molecule has 1 atom stereocenters. The molecule has 196 valence electrons. The van der Waals surface area contributed by atoms with Crippen LogP contribution in [0.5, 0.6) is 0 Å². The number of alkyl halides is 3. The van der Waals surface area contributed by atoms with Crippen LogP contribution < -0.4 is 4.90 Å². The van der Waals surface area contributed by atoms with Gasteiger partial charge in [0.1, 0.15) is 5.82 Å². The average molecular weight is 555 g/mol. The van der Waals surface area contributed by atoms with Crippen LogP contribution >= 0.6 is 0 Å². The number of anilines is 1. The Hall–Kier alpha value is -3.25. The van der Waals surface area contributed by atoms with Gasteiger partial charge in [-0.15, -0.1) is 0 Å². The highest BCUT2D eigenvalue weighted by Crippen LogP contribution is 2.30. The number of carbonyl (C=O) groups excluding carboxylic acids is 1. The molecular weight excluding hydrogens is 532 g/mol. The molecule has 0 bridgehead atoms. The molecule has 4 rings (SSSR count). The van der Waals surface area contributed by atoms with E-state index in [9.17, 15) is 35.0 Å². The van der Waals surface area contributed by atoms with Gasteiger partial charge in [-0.1, -0.05) is 18.2 Å². The van der Waals surface area contributed by atoms with Crippen LogP contribution in [-0.4, -0.2) is 61.4 Å². The van der Waals surface area contributed by atoms with Gasteiger partial charge in [-0.2, -0.15) is 13.2 Å². The van der Waals surface area contributed by atoms with Crippen molar-refractivity contribution < 1.29 is 35.0 Å². The zero-order valence-corrected chi connectivity index (χ0v) is 21.2. The molecule has 0 radical (unpaired) electrons. The third kappa shape index (κ3) is 6.02. The molecule has 1 unspecified atom stereocenters. The van der Waals surface area contributed by atoms with Crippen molar-refractivity contribution in [1.82, 2.24) is 4.90 Å². The second-order valence-electron chi connectivity index (χ2n) is 8.47. The molecule has 1 heterocycles. The Morgan fingerprint density at radius 3 is 2.03 bits per heavy atom. The number of rotatable bonds is 5. The second kappa shape index (κ2) is 10.3. The first-order valence-electron chi connectivity index (χ1n) is 11.1. The molecule has 0 aliphatic carbocycles. The van der Waals surface area contributed by atoms with Crippen molar-refractivity contribution in [3.05, 3.63) is 78.1 Å². The van der Waals surface area contributed by atoms with Gasteiger partial charge in [-0.05, 0) is 59.7 Å². The van der Waals surface area contributed by atoms with E-state index in [1.165, 1.54) is 66.7 Å². The Balaban J connectivity index is 1.54. The van der Waals surface area contributed by atoms with Crippen LogP contribution in [0.1, 0.15) is 10.4 Å². The lowest BCUT2D eigenvalue weighted by molar-refractivity contribution is -0.0384. The van der Waals surface area contributed by atoms with Crippen molar-refractivity contribution in [2.45, 2.75) is 15.3 Å². The Morgan fingerprint density at radius 2 is 1.49 bits per heavy atom. The van der Waals surface area contributed by atoms with Crippen molar-refractivity contribution in [2.24, 2.45) is 0 Å². The molecule has 0 spiro atoms. The highest BCUT2D eigenvalue weighted by molar-refractivity contribution is 7.90. The van der Waals surface area contributed by atoms with Crippen molar-refractivity contribution >= 4 is 32.2 Å². The van der Waals surface area contributed by atoms with Crippen LogP contribution in [0.2, 0.25) is 0 Å². The number of nitrogens with zero attached hydrogens (tertiary/aromatic N) is 2. The lowest BCUT2D eigenvalue weighted by atomic mass is 9.98. The SMILES string of the molecule is CS(=O)(=O)c1ccc(-c2ccc(F)cc2)c(C(=O)N2CCN(c3ccc(S(=O)C(F)(F)F)cc3)CC2)c1. The Morgan fingerprint density at radius 1 is 0.892 bits per heavy atom. The summed E-state index contributed by atoms with van der Waals surface area (Å²) in [5, 5.41) is 0. The maximum absolute atomic E-state index is 13.5. The van der Waals surface area contributed by atoms with Crippen LogP contribution in [0.4, 0.5) is 23.2 Å². The molecule has 3 aromatic carbocycles. The van der Waals surface area contributed by atoms with E-state index >= 15 is 0 Å². The van der Waals surface area contributed by atoms with Gasteiger partial charge < -0.3 is 9.80 Å². The summed E-state index contributed by atoms with van der Waals surface area (Å²) in [7, 11) is -6.70. The largest absolute Gasteiger partial charge is 0.475 e. The fraction of sp³-hybridized carbons (Fsp3) is 0.240. The molecule has 3 aromatic rings. The van der Waals surface area contributed by atoms with Gasteiger partial charge >= 0.3 is 5.51 Å². The van der Waals surface area contributed by atoms with Crippen LogP contribution in [0, 0.1) is 5.82 Å². The van der Waals surface area contributed by atoms with E-state index < -0.39 is 32.0 Å². The van der Waals surface area contributed by atoms with E-state index in [-0.39, 0.29) is 34.4 Å². The molecule has 1 amide bonds. The molecule has 6 nitrogen and oxygen atoms in total. The van der Waals surface area contributed by atoms with E-state index in [2.05, 4.69) is 0 Å². The van der Waals surface area contributed by atoms with Crippen molar-refractivity contribution in [1.29, 1.82) is 0 Å². The van der Waals surface area contributed by atoms with Gasteiger partial charge in [0.2, 0.25) is 0 Å². The lowest BCUT2D eigenvalue weighted by Gasteiger charge is -2.36. The number of halogens is 4. The molecule has 0 saturated carbocycles. The molecule has 0 aromatic heterocycles. The fourth-order valence-electron chi connectivity index (χ4n) is 4.06. The van der Waals surface area contributed by atoms with Crippen molar-refractivity contribution in [3.8, 4) is 11.1 Å².